The summed E-state index contributed by atoms with van der Waals surface area (Å²) in [5.41, 5.74) is 6.12. The standard InChI is InChI=1S/C13H28N2/c1-10(2)8-15-6-5-12(9-15)7-13(14)11(3)4/h10-13H,5-9,14H2,1-4H3. The first kappa shape index (κ1) is 13.0. The van der Waals surface area contributed by atoms with Crippen molar-refractivity contribution >= 4 is 0 Å². The van der Waals surface area contributed by atoms with Crippen molar-refractivity contribution in [2.24, 2.45) is 23.5 Å². The van der Waals surface area contributed by atoms with E-state index >= 15 is 0 Å². The van der Waals surface area contributed by atoms with E-state index in [0.717, 1.165) is 11.8 Å². The molecule has 0 radical (unpaired) electrons. The van der Waals surface area contributed by atoms with Crippen LogP contribution in [0.2, 0.25) is 0 Å². The second-order valence-electron chi connectivity index (χ2n) is 5.95. The molecule has 2 N–H and O–H groups in total. The van der Waals surface area contributed by atoms with Crippen LogP contribution in [0.3, 0.4) is 0 Å². The molecule has 2 unspecified atom stereocenters. The number of hydrogen-bond donors (Lipinski definition) is 1. The first-order valence-electron chi connectivity index (χ1n) is 6.47. The Bertz CT molecular complexity index is 177. The number of likely N-dealkylation sites (tertiary alicyclic amines) is 1. The predicted octanol–water partition coefficient (Wildman–Crippen LogP) is 2.34. The lowest BCUT2D eigenvalue weighted by molar-refractivity contribution is 0.278. The van der Waals surface area contributed by atoms with E-state index in [1.165, 1.54) is 32.5 Å². The molecule has 0 spiro atoms. The minimum atomic E-state index is 0.397. The Morgan fingerprint density at radius 3 is 2.47 bits per heavy atom. The number of nitrogens with two attached hydrogens (primary N) is 1. The van der Waals surface area contributed by atoms with E-state index in [0.29, 0.717) is 12.0 Å². The molecule has 2 heteroatoms. The topological polar surface area (TPSA) is 29.3 Å². The molecule has 1 heterocycles. The second kappa shape index (κ2) is 5.86. The fraction of sp³-hybridized carbons (Fsp3) is 1.00. The van der Waals surface area contributed by atoms with Crippen LogP contribution < -0.4 is 5.73 Å². The molecular weight excluding hydrogens is 184 g/mol. The van der Waals surface area contributed by atoms with Crippen molar-refractivity contribution < 1.29 is 0 Å². The highest BCUT2D eigenvalue weighted by molar-refractivity contribution is 4.80. The highest BCUT2D eigenvalue weighted by atomic mass is 15.1. The van der Waals surface area contributed by atoms with Gasteiger partial charge in [0.1, 0.15) is 0 Å². The minimum Gasteiger partial charge on any atom is -0.327 e. The third-order valence-electron chi connectivity index (χ3n) is 3.46. The third kappa shape index (κ3) is 4.52. The average Bonchev–Trinajstić information content (AvgIpc) is 2.51. The fourth-order valence-corrected chi connectivity index (χ4v) is 2.44. The van der Waals surface area contributed by atoms with E-state index in [9.17, 15) is 0 Å². The van der Waals surface area contributed by atoms with Gasteiger partial charge in [-0.1, -0.05) is 27.7 Å². The molecule has 15 heavy (non-hydrogen) atoms. The smallest absolute Gasteiger partial charge is 0.00650 e. The van der Waals surface area contributed by atoms with Gasteiger partial charge in [0.15, 0.2) is 0 Å². The van der Waals surface area contributed by atoms with E-state index in [1.807, 2.05) is 0 Å². The first-order valence-corrected chi connectivity index (χ1v) is 6.47. The van der Waals surface area contributed by atoms with Crippen LogP contribution in [-0.2, 0) is 0 Å². The molecule has 90 valence electrons. The Kier molecular flexibility index (Phi) is 5.07. The van der Waals surface area contributed by atoms with Crippen molar-refractivity contribution in [1.29, 1.82) is 0 Å². The quantitative estimate of drug-likeness (QED) is 0.758. The van der Waals surface area contributed by atoms with Crippen LogP contribution in [0.1, 0.15) is 40.5 Å². The molecule has 0 saturated carbocycles. The van der Waals surface area contributed by atoms with E-state index in [2.05, 4.69) is 32.6 Å². The summed E-state index contributed by atoms with van der Waals surface area (Å²) in [5, 5.41) is 0. The maximum atomic E-state index is 6.12. The summed E-state index contributed by atoms with van der Waals surface area (Å²) < 4.78 is 0. The van der Waals surface area contributed by atoms with Crippen molar-refractivity contribution in [3.63, 3.8) is 0 Å². The van der Waals surface area contributed by atoms with Gasteiger partial charge in [-0.25, -0.2) is 0 Å². The van der Waals surface area contributed by atoms with Crippen LogP contribution in [0, 0.1) is 17.8 Å². The number of rotatable bonds is 5. The number of nitrogens with zero attached hydrogens (tertiary/aromatic N) is 1. The molecule has 1 fully saturated rings. The van der Waals surface area contributed by atoms with Gasteiger partial charge in [0.05, 0.1) is 0 Å². The van der Waals surface area contributed by atoms with Gasteiger partial charge in [-0.05, 0) is 37.1 Å². The van der Waals surface area contributed by atoms with E-state index in [1.54, 1.807) is 0 Å². The summed E-state index contributed by atoms with van der Waals surface area (Å²) in [6.07, 6.45) is 2.57. The monoisotopic (exact) mass is 212 g/mol. The van der Waals surface area contributed by atoms with Crippen LogP contribution in [0.4, 0.5) is 0 Å². The maximum Gasteiger partial charge on any atom is 0.00650 e. The molecule has 0 aromatic rings. The first-order chi connectivity index (χ1) is 6.99. The predicted molar refractivity (Wildman–Crippen MR) is 66.8 cm³/mol. The lowest BCUT2D eigenvalue weighted by Gasteiger charge is -2.21. The van der Waals surface area contributed by atoms with Crippen LogP contribution in [0.25, 0.3) is 0 Å². The van der Waals surface area contributed by atoms with Crippen molar-refractivity contribution in [2.75, 3.05) is 19.6 Å². The Balaban J connectivity index is 2.24. The van der Waals surface area contributed by atoms with Crippen LogP contribution in [0.5, 0.6) is 0 Å². The zero-order valence-electron chi connectivity index (χ0n) is 10.9. The van der Waals surface area contributed by atoms with Gasteiger partial charge in [-0.15, -0.1) is 0 Å². The van der Waals surface area contributed by atoms with E-state index < -0.39 is 0 Å². The van der Waals surface area contributed by atoms with Crippen LogP contribution in [-0.4, -0.2) is 30.6 Å². The molecule has 0 aromatic heterocycles. The highest BCUT2D eigenvalue weighted by Gasteiger charge is 2.25. The van der Waals surface area contributed by atoms with E-state index in [-0.39, 0.29) is 0 Å². The van der Waals surface area contributed by atoms with Gasteiger partial charge < -0.3 is 10.6 Å². The van der Waals surface area contributed by atoms with Gasteiger partial charge in [-0.2, -0.15) is 0 Å². The summed E-state index contributed by atoms with van der Waals surface area (Å²) in [5.74, 6) is 2.27. The SMILES string of the molecule is CC(C)CN1CCC(CC(N)C(C)C)C1. The van der Waals surface area contributed by atoms with Crippen LogP contribution >= 0.6 is 0 Å². The van der Waals surface area contributed by atoms with E-state index in [4.69, 9.17) is 5.73 Å². The molecule has 2 nitrogen and oxygen atoms in total. The third-order valence-corrected chi connectivity index (χ3v) is 3.46. The summed E-state index contributed by atoms with van der Waals surface area (Å²) in [7, 11) is 0. The molecule has 1 aliphatic rings. The largest absolute Gasteiger partial charge is 0.327 e. The summed E-state index contributed by atoms with van der Waals surface area (Å²) in [4.78, 5) is 2.60. The zero-order chi connectivity index (χ0) is 11.4. The fourth-order valence-electron chi connectivity index (χ4n) is 2.44. The highest BCUT2D eigenvalue weighted by Crippen LogP contribution is 2.23. The van der Waals surface area contributed by atoms with Crippen molar-refractivity contribution in [3.05, 3.63) is 0 Å². The lowest BCUT2D eigenvalue weighted by Crippen LogP contribution is -2.31. The normalized spacial score (nSPS) is 25.4. The molecule has 1 aliphatic heterocycles. The molecule has 0 aromatic carbocycles. The number of hydrogen-bond acceptors (Lipinski definition) is 2. The molecule has 2 atom stereocenters. The average molecular weight is 212 g/mol. The Hall–Kier alpha value is -0.0800. The lowest BCUT2D eigenvalue weighted by atomic mass is 9.93. The molecule has 0 bridgehead atoms. The van der Waals surface area contributed by atoms with Gasteiger partial charge in [0, 0.05) is 19.1 Å². The van der Waals surface area contributed by atoms with Gasteiger partial charge >= 0.3 is 0 Å². The van der Waals surface area contributed by atoms with Crippen molar-refractivity contribution in [1.82, 2.24) is 4.90 Å². The Morgan fingerprint density at radius 2 is 1.93 bits per heavy atom. The molecular formula is C13H28N2. The molecule has 1 rings (SSSR count). The summed E-state index contributed by atoms with van der Waals surface area (Å²) in [6, 6.07) is 0.397. The zero-order valence-corrected chi connectivity index (χ0v) is 10.9. The van der Waals surface area contributed by atoms with Gasteiger partial charge in [0.2, 0.25) is 0 Å². The van der Waals surface area contributed by atoms with Crippen LogP contribution in [0.15, 0.2) is 0 Å². The molecule has 1 saturated heterocycles. The minimum absolute atomic E-state index is 0.397. The Morgan fingerprint density at radius 1 is 1.27 bits per heavy atom. The Labute approximate surface area is 95.2 Å². The molecule has 0 amide bonds. The van der Waals surface area contributed by atoms with Gasteiger partial charge in [-0.3, -0.25) is 0 Å². The van der Waals surface area contributed by atoms with Crippen molar-refractivity contribution in [2.45, 2.75) is 46.6 Å². The van der Waals surface area contributed by atoms with Gasteiger partial charge in [0.25, 0.3) is 0 Å². The molecule has 0 aliphatic carbocycles. The van der Waals surface area contributed by atoms with Crippen molar-refractivity contribution in [3.8, 4) is 0 Å². The summed E-state index contributed by atoms with van der Waals surface area (Å²) >= 11 is 0. The maximum absolute atomic E-state index is 6.12. The summed E-state index contributed by atoms with van der Waals surface area (Å²) in [6.45, 7) is 12.9. The second-order valence-corrected chi connectivity index (χ2v) is 5.95.